The molecule has 0 aromatic heterocycles. The smallest absolute Gasteiger partial charge is 0.0825 e. The van der Waals surface area contributed by atoms with Crippen molar-refractivity contribution in [3.63, 3.8) is 0 Å². The van der Waals surface area contributed by atoms with E-state index in [4.69, 9.17) is 28.9 Å². The maximum atomic E-state index is 6.34. The van der Waals surface area contributed by atoms with E-state index in [0.29, 0.717) is 21.5 Å². The topological polar surface area (TPSA) is 32.5 Å². The molecule has 2 saturated heterocycles. The van der Waals surface area contributed by atoms with E-state index in [9.17, 15) is 0 Å². The number of benzene rings is 1. The van der Waals surface area contributed by atoms with E-state index in [1.807, 2.05) is 12.1 Å². The molecule has 0 radical (unpaired) electrons. The number of nitrogens with zero attached hydrogens (tertiary/aromatic N) is 2. The lowest BCUT2D eigenvalue weighted by atomic mass is 9.72. The van der Waals surface area contributed by atoms with Crippen LogP contribution in [0.2, 0.25) is 10.0 Å². The number of rotatable bonds is 4. The summed E-state index contributed by atoms with van der Waals surface area (Å²) < 4.78 is 0. The summed E-state index contributed by atoms with van der Waals surface area (Å²) >= 11 is 12.5. The highest BCUT2D eigenvalue weighted by atomic mass is 35.5. The van der Waals surface area contributed by atoms with Crippen molar-refractivity contribution in [2.24, 2.45) is 17.1 Å². The third kappa shape index (κ3) is 3.29. The van der Waals surface area contributed by atoms with Gasteiger partial charge in [0.2, 0.25) is 0 Å². The Hall–Kier alpha value is -0.480. The van der Waals surface area contributed by atoms with Gasteiger partial charge in [-0.1, -0.05) is 29.3 Å². The van der Waals surface area contributed by atoms with Crippen LogP contribution in [-0.4, -0.2) is 43.7 Å². The summed E-state index contributed by atoms with van der Waals surface area (Å²) in [5.41, 5.74) is 7.59. The minimum absolute atomic E-state index is 0.466. The number of likely N-dealkylation sites (tertiary alicyclic amines) is 1. The van der Waals surface area contributed by atoms with Crippen LogP contribution in [0.1, 0.15) is 32.1 Å². The van der Waals surface area contributed by atoms with Gasteiger partial charge < -0.3 is 15.5 Å². The Balaban J connectivity index is 1.21. The van der Waals surface area contributed by atoms with Gasteiger partial charge in [0.25, 0.3) is 0 Å². The first-order valence-electron chi connectivity index (χ1n) is 9.22. The number of hydrogen-bond donors (Lipinski definition) is 1. The van der Waals surface area contributed by atoms with Crippen LogP contribution in [0.4, 0.5) is 5.69 Å². The molecule has 132 valence electrons. The second kappa shape index (κ2) is 6.68. The summed E-state index contributed by atoms with van der Waals surface area (Å²) in [5, 5.41) is 1.35. The van der Waals surface area contributed by atoms with Crippen molar-refractivity contribution in [1.29, 1.82) is 0 Å². The Labute approximate surface area is 155 Å². The first kappa shape index (κ1) is 17.0. The van der Waals surface area contributed by atoms with Crippen LogP contribution < -0.4 is 10.6 Å². The van der Waals surface area contributed by atoms with Crippen LogP contribution in [0.5, 0.6) is 0 Å². The van der Waals surface area contributed by atoms with Crippen LogP contribution in [0.15, 0.2) is 18.2 Å². The molecule has 1 aliphatic carbocycles. The Bertz CT molecular complexity index is 584. The molecule has 0 unspecified atom stereocenters. The minimum Gasteiger partial charge on any atom is -0.369 e. The quantitative estimate of drug-likeness (QED) is 0.871. The molecule has 1 spiro atoms. The van der Waals surface area contributed by atoms with Gasteiger partial charge in [0.1, 0.15) is 0 Å². The van der Waals surface area contributed by atoms with Gasteiger partial charge in [-0.2, -0.15) is 0 Å². The van der Waals surface area contributed by atoms with Gasteiger partial charge in [-0.05, 0) is 56.7 Å². The van der Waals surface area contributed by atoms with Crippen LogP contribution >= 0.6 is 23.2 Å². The second-order valence-corrected chi connectivity index (χ2v) is 8.99. The SMILES string of the molecule is N[C@H]1CC[C@H](CCN2CC3(C2)CN(c2cccc(Cl)c2Cl)C3)CC1. The molecule has 2 heterocycles. The molecule has 0 atom stereocenters. The zero-order valence-corrected chi connectivity index (χ0v) is 15.7. The lowest BCUT2D eigenvalue weighted by Crippen LogP contribution is -2.72. The molecular weight excluding hydrogens is 341 g/mol. The van der Waals surface area contributed by atoms with Gasteiger partial charge in [-0.15, -0.1) is 0 Å². The van der Waals surface area contributed by atoms with Crippen molar-refractivity contribution in [2.45, 2.75) is 38.1 Å². The van der Waals surface area contributed by atoms with Crippen molar-refractivity contribution in [3.8, 4) is 0 Å². The molecule has 2 N–H and O–H groups in total. The Kier molecular flexibility index (Phi) is 4.72. The summed E-state index contributed by atoms with van der Waals surface area (Å²) in [7, 11) is 0. The number of nitrogens with two attached hydrogens (primary N) is 1. The van der Waals surface area contributed by atoms with Crippen molar-refractivity contribution in [3.05, 3.63) is 28.2 Å². The molecule has 3 fully saturated rings. The molecule has 2 aliphatic heterocycles. The van der Waals surface area contributed by atoms with Gasteiger partial charge in [-0.3, -0.25) is 0 Å². The second-order valence-electron chi connectivity index (χ2n) is 8.21. The molecule has 1 aromatic rings. The zero-order chi connectivity index (χ0) is 16.7. The predicted octanol–water partition coefficient (Wildman–Crippen LogP) is 4.02. The van der Waals surface area contributed by atoms with Gasteiger partial charge in [0.15, 0.2) is 0 Å². The summed E-state index contributed by atoms with van der Waals surface area (Å²) in [6.07, 6.45) is 6.48. The highest BCUT2D eigenvalue weighted by Gasteiger charge is 2.51. The fourth-order valence-electron chi connectivity index (χ4n) is 4.77. The molecular formula is C19H27Cl2N3. The average molecular weight is 368 g/mol. The first-order valence-corrected chi connectivity index (χ1v) is 9.97. The minimum atomic E-state index is 0.466. The number of halogens is 2. The van der Waals surface area contributed by atoms with E-state index < -0.39 is 0 Å². The molecule has 0 bridgehead atoms. The number of anilines is 1. The summed E-state index contributed by atoms with van der Waals surface area (Å²) in [6, 6.07) is 6.38. The van der Waals surface area contributed by atoms with E-state index in [-0.39, 0.29) is 0 Å². The Morgan fingerprint density at radius 2 is 1.75 bits per heavy atom. The predicted molar refractivity (Wildman–Crippen MR) is 102 cm³/mol. The first-order chi connectivity index (χ1) is 11.5. The third-order valence-electron chi connectivity index (χ3n) is 6.19. The van der Waals surface area contributed by atoms with Gasteiger partial charge in [0.05, 0.1) is 15.7 Å². The Morgan fingerprint density at radius 1 is 1.04 bits per heavy atom. The van der Waals surface area contributed by atoms with Crippen LogP contribution in [0.3, 0.4) is 0 Å². The van der Waals surface area contributed by atoms with E-state index in [1.165, 1.54) is 51.7 Å². The molecule has 1 saturated carbocycles. The van der Waals surface area contributed by atoms with Crippen molar-refractivity contribution < 1.29 is 0 Å². The molecule has 0 amide bonds. The average Bonchev–Trinajstić information content (AvgIpc) is 2.49. The maximum Gasteiger partial charge on any atom is 0.0825 e. The standard InChI is InChI=1S/C19H27Cl2N3/c20-16-2-1-3-17(18(16)21)24-12-19(13-24)10-23(11-19)9-8-14-4-6-15(22)7-5-14/h1-3,14-15H,4-13,22H2/t14-,15-. The van der Waals surface area contributed by atoms with Crippen molar-refractivity contribution >= 4 is 28.9 Å². The summed E-state index contributed by atoms with van der Waals surface area (Å²) in [4.78, 5) is 5.00. The monoisotopic (exact) mass is 367 g/mol. The third-order valence-corrected chi connectivity index (χ3v) is 7.00. The lowest BCUT2D eigenvalue weighted by Gasteiger charge is -2.61. The largest absolute Gasteiger partial charge is 0.369 e. The van der Waals surface area contributed by atoms with Gasteiger partial charge >= 0.3 is 0 Å². The highest BCUT2D eigenvalue weighted by molar-refractivity contribution is 6.43. The summed E-state index contributed by atoms with van der Waals surface area (Å²) in [5.74, 6) is 0.907. The lowest BCUT2D eigenvalue weighted by molar-refractivity contribution is -0.0252. The summed E-state index contributed by atoms with van der Waals surface area (Å²) in [6.45, 7) is 5.98. The Morgan fingerprint density at radius 3 is 2.46 bits per heavy atom. The van der Waals surface area contributed by atoms with E-state index in [0.717, 1.165) is 24.7 Å². The molecule has 24 heavy (non-hydrogen) atoms. The fourth-order valence-corrected chi connectivity index (χ4v) is 5.19. The van der Waals surface area contributed by atoms with E-state index >= 15 is 0 Å². The molecule has 3 nitrogen and oxygen atoms in total. The van der Waals surface area contributed by atoms with Crippen LogP contribution in [0.25, 0.3) is 0 Å². The van der Waals surface area contributed by atoms with Gasteiger partial charge in [0, 0.05) is 37.6 Å². The van der Waals surface area contributed by atoms with E-state index in [1.54, 1.807) is 0 Å². The van der Waals surface area contributed by atoms with Crippen LogP contribution in [-0.2, 0) is 0 Å². The normalized spacial score (nSPS) is 29.4. The highest BCUT2D eigenvalue weighted by Crippen LogP contribution is 2.45. The van der Waals surface area contributed by atoms with Crippen LogP contribution in [0, 0.1) is 11.3 Å². The van der Waals surface area contributed by atoms with Crippen molar-refractivity contribution in [2.75, 3.05) is 37.6 Å². The molecule has 1 aromatic carbocycles. The van der Waals surface area contributed by atoms with Gasteiger partial charge in [-0.25, -0.2) is 0 Å². The molecule has 4 rings (SSSR count). The zero-order valence-electron chi connectivity index (χ0n) is 14.2. The molecule has 3 aliphatic rings. The number of hydrogen-bond acceptors (Lipinski definition) is 3. The van der Waals surface area contributed by atoms with Crippen molar-refractivity contribution in [1.82, 2.24) is 4.90 Å². The van der Waals surface area contributed by atoms with E-state index in [2.05, 4.69) is 15.9 Å². The fraction of sp³-hybridized carbons (Fsp3) is 0.684. The molecule has 5 heteroatoms. The maximum absolute atomic E-state index is 6.34.